The van der Waals surface area contributed by atoms with Gasteiger partial charge in [0, 0.05) is 13.2 Å². The molecular weight excluding hydrogens is 262 g/mol. The molecular formula is C13H19N3O4. The predicted octanol–water partition coefficient (Wildman–Crippen LogP) is 0.353. The number of primary amides is 1. The summed E-state index contributed by atoms with van der Waals surface area (Å²) >= 11 is 0. The predicted molar refractivity (Wildman–Crippen MR) is 72.3 cm³/mol. The minimum atomic E-state index is -1.09. The molecule has 1 atom stereocenters. The first-order valence-corrected chi connectivity index (χ1v) is 6.22. The van der Waals surface area contributed by atoms with Crippen LogP contribution in [-0.4, -0.2) is 33.5 Å². The van der Waals surface area contributed by atoms with E-state index in [0.717, 1.165) is 0 Å². The lowest BCUT2D eigenvalue weighted by Crippen LogP contribution is -2.42. The number of hydrogen-bond acceptors (Lipinski definition) is 3. The van der Waals surface area contributed by atoms with Gasteiger partial charge in [0.05, 0.1) is 5.56 Å². The van der Waals surface area contributed by atoms with E-state index < -0.39 is 23.8 Å². The number of carbonyl (C=O) groups excluding carboxylic acids is 2. The van der Waals surface area contributed by atoms with E-state index in [-0.39, 0.29) is 17.2 Å². The van der Waals surface area contributed by atoms with Crippen LogP contribution in [0.3, 0.4) is 0 Å². The fourth-order valence-corrected chi connectivity index (χ4v) is 1.85. The maximum Gasteiger partial charge on any atom is 0.326 e. The number of aromatic nitrogens is 1. The zero-order chi connectivity index (χ0) is 15.4. The lowest BCUT2D eigenvalue weighted by Gasteiger charge is -2.16. The number of carboxylic acid groups (broad SMARTS) is 1. The van der Waals surface area contributed by atoms with Crippen LogP contribution in [0.4, 0.5) is 0 Å². The van der Waals surface area contributed by atoms with Gasteiger partial charge in [0.2, 0.25) is 5.91 Å². The van der Waals surface area contributed by atoms with Crippen molar-refractivity contribution in [3.8, 4) is 0 Å². The Balaban J connectivity index is 2.89. The first-order chi connectivity index (χ1) is 9.22. The molecule has 0 bridgehead atoms. The Kier molecular flexibility index (Phi) is 4.90. The Bertz CT molecular complexity index is 534. The van der Waals surface area contributed by atoms with Gasteiger partial charge in [-0.25, -0.2) is 4.79 Å². The molecule has 1 aromatic heterocycles. The Morgan fingerprint density at radius 3 is 2.40 bits per heavy atom. The van der Waals surface area contributed by atoms with Gasteiger partial charge < -0.3 is 20.7 Å². The first-order valence-electron chi connectivity index (χ1n) is 6.22. The Morgan fingerprint density at radius 1 is 1.40 bits per heavy atom. The van der Waals surface area contributed by atoms with Crippen molar-refractivity contribution in [1.29, 1.82) is 0 Å². The Morgan fingerprint density at radius 2 is 2.00 bits per heavy atom. The number of hydrogen-bond donors (Lipinski definition) is 3. The third kappa shape index (κ3) is 3.84. The van der Waals surface area contributed by atoms with Crippen molar-refractivity contribution >= 4 is 17.8 Å². The molecule has 1 unspecified atom stereocenters. The van der Waals surface area contributed by atoms with E-state index >= 15 is 0 Å². The Labute approximate surface area is 116 Å². The highest BCUT2D eigenvalue weighted by Crippen LogP contribution is 2.09. The summed E-state index contributed by atoms with van der Waals surface area (Å²) in [5.74, 6) is -2.15. The van der Waals surface area contributed by atoms with Crippen molar-refractivity contribution in [3.05, 3.63) is 23.5 Å². The number of carboxylic acids is 1. The molecule has 0 saturated carbocycles. The molecule has 110 valence electrons. The molecule has 0 aromatic carbocycles. The van der Waals surface area contributed by atoms with Gasteiger partial charge in [-0.1, -0.05) is 13.8 Å². The summed E-state index contributed by atoms with van der Waals surface area (Å²) in [5, 5.41) is 11.5. The van der Waals surface area contributed by atoms with Gasteiger partial charge in [-0.3, -0.25) is 9.59 Å². The van der Waals surface area contributed by atoms with Crippen LogP contribution >= 0.6 is 0 Å². The van der Waals surface area contributed by atoms with Crippen molar-refractivity contribution in [3.63, 3.8) is 0 Å². The minimum Gasteiger partial charge on any atom is -0.480 e. The topological polar surface area (TPSA) is 114 Å². The molecule has 1 aromatic rings. The number of aryl methyl sites for hydroxylation is 1. The third-order valence-electron chi connectivity index (χ3n) is 2.83. The van der Waals surface area contributed by atoms with Crippen molar-refractivity contribution in [2.45, 2.75) is 26.3 Å². The summed E-state index contributed by atoms with van der Waals surface area (Å²) in [4.78, 5) is 34.2. The average molecular weight is 281 g/mol. The Hall–Kier alpha value is -2.31. The van der Waals surface area contributed by atoms with E-state index in [9.17, 15) is 14.4 Å². The smallest absolute Gasteiger partial charge is 0.326 e. The van der Waals surface area contributed by atoms with Crippen LogP contribution in [0.5, 0.6) is 0 Å². The van der Waals surface area contributed by atoms with Crippen molar-refractivity contribution < 1.29 is 19.5 Å². The van der Waals surface area contributed by atoms with Crippen LogP contribution in [0.1, 0.15) is 41.1 Å². The summed E-state index contributed by atoms with van der Waals surface area (Å²) in [6, 6.07) is 0.376. The number of nitrogens with one attached hydrogen (secondary N) is 1. The van der Waals surface area contributed by atoms with E-state index in [4.69, 9.17) is 10.8 Å². The van der Waals surface area contributed by atoms with E-state index in [1.54, 1.807) is 7.05 Å². The first kappa shape index (κ1) is 15.7. The summed E-state index contributed by atoms with van der Waals surface area (Å²) in [5.41, 5.74) is 5.52. The summed E-state index contributed by atoms with van der Waals surface area (Å²) < 4.78 is 1.43. The van der Waals surface area contributed by atoms with Gasteiger partial charge in [0.15, 0.2) is 0 Å². The molecule has 4 N–H and O–H groups in total. The van der Waals surface area contributed by atoms with Crippen molar-refractivity contribution in [2.75, 3.05) is 0 Å². The zero-order valence-electron chi connectivity index (χ0n) is 11.7. The van der Waals surface area contributed by atoms with Crippen LogP contribution in [0.2, 0.25) is 0 Å². The highest BCUT2D eigenvalue weighted by molar-refractivity contribution is 5.99. The molecule has 0 aliphatic carbocycles. The molecule has 7 heteroatoms. The molecule has 0 aliphatic rings. The second-order valence-electron chi connectivity index (χ2n) is 5.08. The van der Waals surface area contributed by atoms with Crippen LogP contribution in [0, 0.1) is 5.92 Å². The standard InChI is InChI=1S/C13H19N3O4/c1-7(2)4-9(13(19)20)15-12(18)10-5-8(11(14)17)6-16(10)3/h5-7,9H,4H2,1-3H3,(H2,14,17)(H,15,18)(H,19,20). The molecule has 0 radical (unpaired) electrons. The number of nitrogens with two attached hydrogens (primary N) is 1. The SMILES string of the molecule is CC(C)CC(NC(=O)c1cc(C(N)=O)cn1C)C(=O)O. The summed E-state index contributed by atoms with van der Waals surface area (Å²) in [6.45, 7) is 3.74. The lowest BCUT2D eigenvalue weighted by molar-refractivity contribution is -0.139. The molecule has 20 heavy (non-hydrogen) atoms. The normalized spacial score (nSPS) is 12.2. The van der Waals surface area contributed by atoms with E-state index in [1.807, 2.05) is 13.8 Å². The van der Waals surface area contributed by atoms with Crippen LogP contribution in [-0.2, 0) is 11.8 Å². The van der Waals surface area contributed by atoms with E-state index in [2.05, 4.69) is 5.32 Å². The third-order valence-corrected chi connectivity index (χ3v) is 2.83. The molecule has 0 saturated heterocycles. The number of nitrogens with zero attached hydrogens (tertiary/aromatic N) is 1. The number of amides is 2. The minimum absolute atomic E-state index is 0.131. The van der Waals surface area contributed by atoms with E-state index in [0.29, 0.717) is 6.42 Å². The number of rotatable bonds is 6. The van der Waals surface area contributed by atoms with Gasteiger partial charge in [-0.05, 0) is 18.4 Å². The van der Waals surface area contributed by atoms with Crippen molar-refractivity contribution in [2.24, 2.45) is 18.7 Å². The molecule has 0 fully saturated rings. The molecule has 0 spiro atoms. The van der Waals surface area contributed by atoms with Gasteiger partial charge in [0.25, 0.3) is 5.91 Å². The second-order valence-corrected chi connectivity index (χ2v) is 5.08. The molecule has 7 nitrogen and oxygen atoms in total. The molecule has 2 amide bonds. The lowest BCUT2D eigenvalue weighted by atomic mass is 10.0. The van der Waals surface area contributed by atoms with Gasteiger partial charge in [0.1, 0.15) is 11.7 Å². The quantitative estimate of drug-likeness (QED) is 0.698. The second kappa shape index (κ2) is 6.23. The number of aliphatic carboxylic acids is 1. The van der Waals surface area contributed by atoms with Gasteiger partial charge in [-0.2, -0.15) is 0 Å². The fraction of sp³-hybridized carbons (Fsp3) is 0.462. The van der Waals surface area contributed by atoms with Crippen molar-refractivity contribution in [1.82, 2.24) is 9.88 Å². The van der Waals surface area contributed by atoms with E-state index in [1.165, 1.54) is 16.8 Å². The largest absolute Gasteiger partial charge is 0.480 e. The monoisotopic (exact) mass is 281 g/mol. The van der Waals surface area contributed by atoms with Gasteiger partial charge >= 0.3 is 5.97 Å². The average Bonchev–Trinajstić information content (AvgIpc) is 2.69. The fourth-order valence-electron chi connectivity index (χ4n) is 1.85. The highest BCUT2D eigenvalue weighted by atomic mass is 16.4. The van der Waals surface area contributed by atoms with Gasteiger partial charge in [-0.15, -0.1) is 0 Å². The van der Waals surface area contributed by atoms with Crippen LogP contribution in [0.15, 0.2) is 12.3 Å². The maximum atomic E-state index is 12.1. The zero-order valence-corrected chi connectivity index (χ0v) is 11.7. The molecule has 1 rings (SSSR count). The molecule has 1 heterocycles. The van der Waals surface area contributed by atoms with Crippen LogP contribution in [0.25, 0.3) is 0 Å². The summed E-state index contributed by atoms with van der Waals surface area (Å²) in [6.07, 6.45) is 1.75. The molecule has 0 aliphatic heterocycles. The highest BCUT2D eigenvalue weighted by Gasteiger charge is 2.23. The van der Waals surface area contributed by atoms with Crippen LogP contribution < -0.4 is 11.1 Å². The summed E-state index contributed by atoms with van der Waals surface area (Å²) in [7, 11) is 1.58. The maximum absolute atomic E-state index is 12.1. The number of carbonyl (C=O) groups is 3.